The maximum absolute atomic E-state index is 12.9. The Labute approximate surface area is 152 Å². The zero-order valence-electron chi connectivity index (χ0n) is 14.8. The third-order valence-electron chi connectivity index (χ3n) is 3.60. The van der Waals surface area contributed by atoms with E-state index >= 15 is 0 Å². The Morgan fingerprint density at radius 2 is 1.73 bits per heavy atom. The molecule has 26 heavy (non-hydrogen) atoms. The van der Waals surface area contributed by atoms with Crippen LogP contribution in [-0.4, -0.2) is 24.1 Å². The molecule has 1 N–H and O–H groups in total. The molecule has 1 amide bonds. The van der Waals surface area contributed by atoms with Gasteiger partial charge in [-0.3, -0.25) is 5.32 Å². The summed E-state index contributed by atoms with van der Waals surface area (Å²) in [4.78, 5) is 12.1. The van der Waals surface area contributed by atoms with Gasteiger partial charge in [0.1, 0.15) is 5.60 Å². The lowest BCUT2D eigenvalue weighted by atomic mass is 10.2. The van der Waals surface area contributed by atoms with Crippen LogP contribution in [0, 0.1) is 0 Å². The molecule has 3 rings (SSSR count). The van der Waals surface area contributed by atoms with Crippen LogP contribution in [0.1, 0.15) is 20.8 Å². The minimum absolute atomic E-state index is 0.197. The van der Waals surface area contributed by atoms with Gasteiger partial charge < -0.3 is 4.74 Å². The Morgan fingerprint density at radius 1 is 1.04 bits per heavy atom. The highest BCUT2D eigenvalue weighted by molar-refractivity contribution is 7.90. The normalized spacial score (nSPS) is 12.1. The molecule has 2 aromatic carbocycles. The van der Waals surface area contributed by atoms with E-state index in [1.54, 1.807) is 75.4 Å². The molecule has 0 radical (unpaired) electrons. The van der Waals surface area contributed by atoms with Crippen molar-refractivity contribution in [1.29, 1.82) is 0 Å². The number of benzene rings is 2. The number of hydrogen-bond donors (Lipinski definition) is 1. The number of anilines is 1. The molecule has 1 aromatic heterocycles. The highest BCUT2D eigenvalue weighted by Gasteiger charge is 2.20. The van der Waals surface area contributed by atoms with E-state index in [9.17, 15) is 13.2 Å². The second-order valence-electron chi connectivity index (χ2n) is 6.83. The number of amides is 1. The summed E-state index contributed by atoms with van der Waals surface area (Å²) in [5, 5.41) is 3.38. The van der Waals surface area contributed by atoms with Crippen molar-refractivity contribution in [3.05, 3.63) is 60.8 Å². The van der Waals surface area contributed by atoms with Crippen LogP contribution in [0.4, 0.5) is 10.5 Å². The Hall–Kier alpha value is -2.80. The molecule has 136 valence electrons. The van der Waals surface area contributed by atoms with Crippen LogP contribution in [0.15, 0.2) is 65.7 Å². The molecule has 0 saturated heterocycles. The first-order valence-electron chi connectivity index (χ1n) is 8.08. The largest absolute Gasteiger partial charge is 0.444 e. The summed E-state index contributed by atoms with van der Waals surface area (Å²) in [6.45, 7) is 5.31. The van der Waals surface area contributed by atoms with Gasteiger partial charge in [0.2, 0.25) is 0 Å². The average molecular weight is 372 g/mol. The molecule has 0 aliphatic heterocycles. The number of fused-ring (bicyclic) bond motifs is 1. The van der Waals surface area contributed by atoms with Gasteiger partial charge in [0.25, 0.3) is 10.0 Å². The molecule has 0 bridgehead atoms. The molecule has 6 nitrogen and oxygen atoms in total. The molecule has 0 spiro atoms. The number of aromatic nitrogens is 1. The summed E-state index contributed by atoms with van der Waals surface area (Å²) in [5.41, 5.74) is 0.308. The summed E-state index contributed by atoms with van der Waals surface area (Å²) in [7, 11) is -3.72. The van der Waals surface area contributed by atoms with Crippen molar-refractivity contribution in [2.75, 3.05) is 5.32 Å². The lowest BCUT2D eigenvalue weighted by Crippen LogP contribution is -2.27. The fraction of sp³-hybridized carbons (Fsp3) is 0.211. The smallest absolute Gasteiger partial charge is 0.412 e. The molecule has 0 unspecified atom stereocenters. The van der Waals surface area contributed by atoms with Gasteiger partial charge in [-0.2, -0.15) is 0 Å². The monoisotopic (exact) mass is 372 g/mol. The molecule has 0 aliphatic rings. The van der Waals surface area contributed by atoms with Crippen LogP contribution in [-0.2, 0) is 14.8 Å². The molecule has 0 aliphatic carbocycles. The van der Waals surface area contributed by atoms with Gasteiger partial charge in [0.05, 0.1) is 10.4 Å². The number of ether oxygens (including phenoxy) is 1. The van der Waals surface area contributed by atoms with E-state index < -0.39 is 21.7 Å². The van der Waals surface area contributed by atoms with E-state index in [4.69, 9.17) is 4.74 Å². The number of hydrogen-bond acceptors (Lipinski definition) is 4. The van der Waals surface area contributed by atoms with E-state index in [1.807, 2.05) is 0 Å². The van der Waals surface area contributed by atoms with Crippen molar-refractivity contribution in [2.45, 2.75) is 31.3 Å². The quantitative estimate of drug-likeness (QED) is 0.746. The molecular formula is C19H20N2O4S. The first-order valence-corrected chi connectivity index (χ1v) is 9.52. The Morgan fingerprint density at radius 3 is 2.38 bits per heavy atom. The number of nitrogens with zero attached hydrogens (tertiary/aromatic N) is 1. The fourth-order valence-electron chi connectivity index (χ4n) is 2.52. The van der Waals surface area contributed by atoms with Gasteiger partial charge in [-0.1, -0.05) is 24.3 Å². The molecule has 0 saturated carbocycles. The Bertz CT molecular complexity index is 1050. The second kappa shape index (κ2) is 6.49. The average Bonchev–Trinajstić information content (AvgIpc) is 2.97. The van der Waals surface area contributed by atoms with Crippen molar-refractivity contribution in [2.24, 2.45) is 0 Å². The van der Waals surface area contributed by atoms with Crippen LogP contribution < -0.4 is 5.32 Å². The van der Waals surface area contributed by atoms with Crippen molar-refractivity contribution in [3.8, 4) is 0 Å². The Balaban J connectivity index is 1.98. The fourth-order valence-corrected chi connectivity index (χ4v) is 3.88. The van der Waals surface area contributed by atoms with Crippen LogP contribution in [0.25, 0.3) is 10.9 Å². The van der Waals surface area contributed by atoms with Gasteiger partial charge in [-0.05, 0) is 51.1 Å². The van der Waals surface area contributed by atoms with E-state index in [2.05, 4.69) is 5.32 Å². The second-order valence-corrected chi connectivity index (χ2v) is 8.65. The predicted octanol–water partition coefficient (Wildman–Crippen LogP) is 4.23. The summed E-state index contributed by atoms with van der Waals surface area (Å²) in [5.74, 6) is 0. The van der Waals surface area contributed by atoms with Crippen molar-refractivity contribution in [1.82, 2.24) is 3.97 Å². The van der Waals surface area contributed by atoms with Crippen LogP contribution in [0.2, 0.25) is 0 Å². The SMILES string of the molecule is CC(C)(C)OC(=O)Nc1ccc2ccn(S(=O)(=O)c3ccccc3)c2c1. The maximum Gasteiger partial charge on any atom is 0.412 e. The first-order chi connectivity index (χ1) is 12.2. The maximum atomic E-state index is 12.9. The minimum Gasteiger partial charge on any atom is -0.444 e. The lowest BCUT2D eigenvalue weighted by Gasteiger charge is -2.19. The zero-order chi connectivity index (χ0) is 18.9. The van der Waals surface area contributed by atoms with Crippen LogP contribution in [0.5, 0.6) is 0 Å². The van der Waals surface area contributed by atoms with Crippen LogP contribution >= 0.6 is 0 Å². The number of rotatable bonds is 3. The van der Waals surface area contributed by atoms with Gasteiger partial charge >= 0.3 is 6.09 Å². The minimum atomic E-state index is -3.72. The standard InChI is InChI=1S/C19H20N2O4S/c1-19(2,3)25-18(22)20-15-10-9-14-11-12-21(17(14)13-15)26(23,24)16-7-5-4-6-8-16/h4-13H,1-3H3,(H,20,22). The van der Waals surface area contributed by atoms with Crippen LogP contribution in [0.3, 0.4) is 0 Å². The number of nitrogens with one attached hydrogen (secondary N) is 1. The van der Waals surface area contributed by atoms with Gasteiger partial charge in [0.15, 0.2) is 0 Å². The van der Waals surface area contributed by atoms with E-state index in [0.717, 1.165) is 5.39 Å². The number of carbonyl (C=O) groups is 1. The molecule has 0 fully saturated rings. The van der Waals surface area contributed by atoms with Crippen molar-refractivity contribution < 1.29 is 17.9 Å². The predicted molar refractivity (Wildman–Crippen MR) is 101 cm³/mol. The summed E-state index contributed by atoms with van der Waals surface area (Å²) in [6, 6.07) is 15.0. The van der Waals surface area contributed by atoms with Gasteiger partial charge in [0, 0.05) is 17.3 Å². The summed E-state index contributed by atoms with van der Waals surface area (Å²) >= 11 is 0. The highest BCUT2D eigenvalue weighted by Crippen LogP contribution is 2.25. The topological polar surface area (TPSA) is 77.4 Å². The van der Waals surface area contributed by atoms with Gasteiger partial charge in [-0.15, -0.1) is 0 Å². The first kappa shape index (κ1) is 18.0. The van der Waals surface area contributed by atoms with E-state index in [1.165, 1.54) is 10.2 Å². The van der Waals surface area contributed by atoms with Crippen molar-refractivity contribution in [3.63, 3.8) is 0 Å². The highest BCUT2D eigenvalue weighted by atomic mass is 32.2. The summed E-state index contributed by atoms with van der Waals surface area (Å²) in [6.07, 6.45) is 0.908. The van der Waals surface area contributed by atoms with E-state index in [0.29, 0.717) is 11.2 Å². The third kappa shape index (κ3) is 3.72. The number of carbonyl (C=O) groups excluding carboxylic acids is 1. The molecule has 0 atom stereocenters. The molecular weight excluding hydrogens is 352 g/mol. The van der Waals surface area contributed by atoms with Gasteiger partial charge in [-0.25, -0.2) is 17.2 Å². The zero-order valence-corrected chi connectivity index (χ0v) is 15.6. The van der Waals surface area contributed by atoms with E-state index in [-0.39, 0.29) is 4.90 Å². The van der Waals surface area contributed by atoms with Crippen molar-refractivity contribution >= 4 is 32.7 Å². The Kier molecular flexibility index (Phi) is 4.50. The lowest BCUT2D eigenvalue weighted by molar-refractivity contribution is 0.0636. The molecule has 7 heteroatoms. The molecule has 3 aromatic rings. The summed E-state index contributed by atoms with van der Waals surface area (Å²) < 4.78 is 32.2. The third-order valence-corrected chi connectivity index (χ3v) is 5.31. The molecule has 1 heterocycles.